The van der Waals surface area contributed by atoms with Crippen molar-refractivity contribution in [1.82, 2.24) is 9.88 Å². The summed E-state index contributed by atoms with van der Waals surface area (Å²) in [5.41, 5.74) is 3.88. The van der Waals surface area contributed by atoms with Gasteiger partial charge in [-0.1, -0.05) is 12.5 Å². The number of anilines is 5. The first-order chi connectivity index (χ1) is 20.5. The summed E-state index contributed by atoms with van der Waals surface area (Å²) in [6, 6.07) is 15.4. The highest BCUT2D eigenvalue weighted by molar-refractivity contribution is 6.00. The number of likely N-dealkylation sites (N-methyl/N-ethyl adjacent to an activating group) is 1. The van der Waals surface area contributed by atoms with Gasteiger partial charge < -0.3 is 34.8 Å². The standard InChI is InChI=1S/C33H38N6O3/c1-5-24-10-12-26(23-28(24)35-32(40)6-2)42-33-29(39-16-8-7-9-17-39)14-15-31(36-33)34-27-13-11-25(22-30(27)41-4)38-20-18-37(3)19-21-38/h1,6,10-15,22-23H,2,7-9,16-21H2,3-4H3,(H,34,36)(H,35,40). The van der Waals surface area contributed by atoms with Crippen LogP contribution in [0, 0.1) is 12.3 Å². The van der Waals surface area contributed by atoms with Gasteiger partial charge in [0.1, 0.15) is 23.0 Å². The van der Waals surface area contributed by atoms with Crippen molar-refractivity contribution in [3.05, 3.63) is 66.7 Å². The molecule has 9 nitrogen and oxygen atoms in total. The molecule has 0 unspecified atom stereocenters. The number of benzene rings is 2. The van der Waals surface area contributed by atoms with Crippen LogP contribution in [0.25, 0.3) is 0 Å². The number of hydrogen-bond acceptors (Lipinski definition) is 8. The number of nitrogens with one attached hydrogen (secondary N) is 2. The first-order valence-corrected chi connectivity index (χ1v) is 14.3. The Bertz CT molecular complexity index is 1470. The predicted octanol–water partition coefficient (Wildman–Crippen LogP) is 5.47. The summed E-state index contributed by atoms with van der Waals surface area (Å²) in [6.45, 7) is 9.42. The number of pyridine rings is 1. The minimum Gasteiger partial charge on any atom is -0.494 e. The van der Waals surface area contributed by atoms with Gasteiger partial charge in [-0.05, 0) is 68.8 Å². The van der Waals surface area contributed by atoms with Crippen molar-refractivity contribution < 1.29 is 14.3 Å². The van der Waals surface area contributed by atoms with Gasteiger partial charge >= 0.3 is 0 Å². The van der Waals surface area contributed by atoms with Gasteiger partial charge in [0.15, 0.2) is 0 Å². The van der Waals surface area contributed by atoms with Crippen LogP contribution in [0.1, 0.15) is 24.8 Å². The molecule has 0 bridgehead atoms. The Morgan fingerprint density at radius 2 is 1.76 bits per heavy atom. The van der Waals surface area contributed by atoms with Crippen molar-refractivity contribution in [2.24, 2.45) is 0 Å². The second-order valence-electron chi connectivity index (χ2n) is 10.5. The molecule has 42 heavy (non-hydrogen) atoms. The lowest BCUT2D eigenvalue weighted by Gasteiger charge is -2.34. The molecule has 2 aliphatic heterocycles. The minimum atomic E-state index is -0.352. The van der Waals surface area contributed by atoms with Crippen LogP contribution in [0.15, 0.2) is 61.2 Å². The Morgan fingerprint density at radius 3 is 2.48 bits per heavy atom. The number of piperazine rings is 1. The molecule has 218 valence electrons. The normalized spacial score (nSPS) is 15.5. The van der Waals surface area contributed by atoms with E-state index in [0.717, 1.165) is 74.9 Å². The Hall–Kier alpha value is -4.68. The maximum atomic E-state index is 12.0. The number of ether oxygens (including phenoxy) is 2. The van der Waals surface area contributed by atoms with Crippen LogP contribution in [-0.4, -0.2) is 69.2 Å². The van der Waals surface area contributed by atoms with Gasteiger partial charge in [0, 0.05) is 62.7 Å². The van der Waals surface area contributed by atoms with Crippen molar-refractivity contribution in [3.8, 4) is 29.7 Å². The highest BCUT2D eigenvalue weighted by atomic mass is 16.5. The highest BCUT2D eigenvalue weighted by Crippen LogP contribution is 2.37. The smallest absolute Gasteiger partial charge is 0.247 e. The molecule has 3 heterocycles. The second kappa shape index (κ2) is 13.3. The van der Waals surface area contributed by atoms with Crippen LogP contribution < -0.4 is 29.9 Å². The number of nitrogens with zero attached hydrogens (tertiary/aromatic N) is 4. The molecule has 0 atom stereocenters. The number of aromatic nitrogens is 1. The summed E-state index contributed by atoms with van der Waals surface area (Å²) in [7, 11) is 3.83. The number of terminal acetylenes is 1. The van der Waals surface area contributed by atoms with Crippen LogP contribution in [0.4, 0.5) is 28.6 Å². The van der Waals surface area contributed by atoms with E-state index in [1.54, 1.807) is 25.3 Å². The molecule has 0 aliphatic carbocycles. The fourth-order valence-electron chi connectivity index (χ4n) is 5.25. The van der Waals surface area contributed by atoms with E-state index in [2.05, 4.69) is 57.0 Å². The molecule has 2 saturated heterocycles. The highest BCUT2D eigenvalue weighted by Gasteiger charge is 2.20. The average Bonchev–Trinajstić information content (AvgIpc) is 3.02. The largest absolute Gasteiger partial charge is 0.494 e. The van der Waals surface area contributed by atoms with Crippen LogP contribution in [0.5, 0.6) is 17.4 Å². The molecule has 9 heteroatoms. The van der Waals surface area contributed by atoms with Crippen molar-refractivity contribution in [1.29, 1.82) is 0 Å². The van der Waals surface area contributed by atoms with Gasteiger partial charge in [0.2, 0.25) is 11.8 Å². The van der Waals surface area contributed by atoms with Gasteiger partial charge in [-0.3, -0.25) is 4.79 Å². The number of carbonyl (C=O) groups is 1. The summed E-state index contributed by atoms with van der Waals surface area (Å²) in [4.78, 5) is 23.9. The van der Waals surface area contributed by atoms with Crippen LogP contribution in [0.2, 0.25) is 0 Å². The molecular weight excluding hydrogens is 528 g/mol. The first-order valence-electron chi connectivity index (χ1n) is 14.3. The molecule has 5 rings (SSSR count). The van der Waals surface area contributed by atoms with Crippen molar-refractivity contribution in [2.45, 2.75) is 19.3 Å². The Kier molecular flexibility index (Phi) is 9.15. The third-order valence-electron chi connectivity index (χ3n) is 7.66. The molecule has 2 aromatic carbocycles. The summed E-state index contributed by atoms with van der Waals surface area (Å²) in [6.07, 6.45) is 10.3. The van der Waals surface area contributed by atoms with Gasteiger partial charge in [0.25, 0.3) is 0 Å². The Labute approximate surface area is 248 Å². The number of hydrogen-bond donors (Lipinski definition) is 2. The Balaban J connectivity index is 1.43. The van der Waals surface area contributed by atoms with E-state index in [1.807, 2.05) is 18.2 Å². The number of piperidine rings is 1. The van der Waals surface area contributed by atoms with Gasteiger partial charge in [-0.2, -0.15) is 4.98 Å². The lowest BCUT2D eigenvalue weighted by atomic mass is 10.1. The van der Waals surface area contributed by atoms with Gasteiger partial charge in [-0.25, -0.2) is 0 Å². The zero-order valence-electron chi connectivity index (χ0n) is 24.4. The van der Waals surface area contributed by atoms with E-state index < -0.39 is 0 Å². The van der Waals surface area contributed by atoms with Gasteiger partial charge in [-0.15, -0.1) is 6.42 Å². The maximum absolute atomic E-state index is 12.0. The van der Waals surface area contributed by atoms with E-state index in [-0.39, 0.29) is 5.91 Å². The first kappa shape index (κ1) is 28.8. The number of methoxy groups -OCH3 is 1. The molecule has 1 aromatic heterocycles. The maximum Gasteiger partial charge on any atom is 0.247 e. The van der Waals surface area contributed by atoms with E-state index in [1.165, 1.54) is 12.5 Å². The molecule has 1 amide bonds. The van der Waals surface area contributed by atoms with E-state index in [0.29, 0.717) is 28.7 Å². The van der Waals surface area contributed by atoms with Crippen LogP contribution in [-0.2, 0) is 4.79 Å². The lowest BCUT2D eigenvalue weighted by molar-refractivity contribution is -0.111. The van der Waals surface area contributed by atoms with E-state index >= 15 is 0 Å². The van der Waals surface area contributed by atoms with Gasteiger partial charge in [0.05, 0.1) is 18.5 Å². The predicted molar refractivity (Wildman–Crippen MR) is 170 cm³/mol. The minimum absolute atomic E-state index is 0.352. The van der Waals surface area contributed by atoms with Crippen molar-refractivity contribution in [3.63, 3.8) is 0 Å². The van der Waals surface area contributed by atoms with Crippen molar-refractivity contribution >= 4 is 34.5 Å². The number of carbonyl (C=O) groups excluding carboxylic acids is 1. The topological polar surface area (TPSA) is 82.2 Å². The Morgan fingerprint density at radius 1 is 0.976 bits per heavy atom. The summed E-state index contributed by atoms with van der Waals surface area (Å²) < 4.78 is 12.1. The fourth-order valence-corrected chi connectivity index (χ4v) is 5.25. The molecule has 2 fully saturated rings. The van der Waals surface area contributed by atoms with Crippen molar-refractivity contribution in [2.75, 3.05) is 73.9 Å². The van der Waals surface area contributed by atoms with Crippen LogP contribution in [0.3, 0.4) is 0 Å². The monoisotopic (exact) mass is 566 g/mol. The second-order valence-corrected chi connectivity index (χ2v) is 10.5. The van der Waals surface area contributed by atoms with E-state index in [9.17, 15) is 4.79 Å². The third-order valence-corrected chi connectivity index (χ3v) is 7.66. The van der Waals surface area contributed by atoms with Crippen LogP contribution >= 0.6 is 0 Å². The lowest BCUT2D eigenvalue weighted by Crippen LogP contribution is -2.44. The summed E-state index contributed by atoms with van der Waals surface area (Å²) in [5.74, 6) is 4.57. The SMILES string of the molecule is C#Cc1ccc(Oc2nc(Nc3ccc(N4CCN(C)CC4)cc3OC)ccc2N2CCCCC2)cc1NC(=O)C=C. The number of rotatable bonds is 9. The molecular formula is C33H38N6O3. The fraction of sp³-hybridized carbons (Fsp3) is 0.333. The number of amides is 1. The zero-order valence-corrected chi connectivity index (χ0v) is 24.4. The molecule has 0 saturated carbocycles. The zero-order chi connectivity index (χ0) is 29.5. The summed E-state index contributed by atoms with van der Waals surface area (Å²) >= 11 is 0. The van der Waals surface area contributed by atoms with E-state index in [4.69, 9.17) is 20.9 Å². The average molecular weight is 567 g/mol. The molecule has 0 spiro atoms. The molecule has 2 aliphatic rings. The quantitative estimate of drug-likeness (QED) is 0.261. The molecule has 2 N–H and O–H groups in total. The molecule has 3 aromatic rings. The third kappa shape index (κ3) is 6.78. The summed E-state index contributed by atoms with van der Waals surface area (Å²) in [5, 5.41) is 6.18. The molecule has 0 radical (unpaired) electrons.